The number of rotatable bonds is 6. The van der Waals surface area contributed by atoms with Gasteiger partial charge in [0.1, 0.15) is 11.6 Å². The van der Waals surface area contributed by atoms with Gasteiger partial charge in [-0.1, -0.05) is 18.2 Å². The molecule has 2 heterocycles. The van der Waals surface area contributed by atoms with Gasteiger partial charge in [-0.3, -0.25) is 0 Å². The first kappa shape index (κ1) is 16.1. The van der Waals surface area contributed by atoms with E-state index in [9.17, 15) is 0 Å². The van der Waals surface area contributed by atoms with E-state index in [-0.39, 0.29) is 0 Å². The summed E-state index contributed by atoms with van der Waals surface area (Å²) < 4.78 is 11.0. The second-order valence-corrected chi connectivity index (χ2v) is 6.74. The molecule has 2 fully saturated rings. The van der Waals surface area contributed by atoms with Gasteiger partial charge in [0.25, 0.3) is 0 Å². The molecule has 1 saturated carbocycles. The van der Waals surface area contributed by atoms with Gasteiger partial charge in [0.05, 0.1) is 19.4 Å². The Morgan fingerprint density at radius 3 is 2.80 bits per heavy atom. The lowest BCUT2D eigenvalue weighted by Crippen LogP contribution is -2.27. The van der Waals surface area contributed by atoms with Gasteiger partial charge in [-0.2, -0.15) is 4.98 Å². The molecule has 0 bridgehead atoms. The Hall–Kier alpha value is -2.34. The van der Waals surface area contributed by atoms with Gasteiger partial charge in [-0.05, 0) is 25.3 Å². The Morgan fingerprint density at radius 1 is 1.24 bits per heavy atom. The third-order valence-corrected chi connectivity index (χ3v) is 4.91. The lowest BCUT2D eigenvalue weighted by Gasteiger charge is -2.25. The highest BCUT2D eigenvalue weighted by Gasteiger charge is 2.32. The van der Waals surface area contributed by atoms with E-state index >= 15 is 0 Å². The molecule has 2 aromatic rings. The monoisotopic (exact) mass is 340 g/mol. The van der Waals surface area contributed by atoms with E-state index in [4.69, 9.17) is 15.2 Å². The van der Waals surface area contributed by atoms with E-state index in [1.165, 1.54) is 12.8 Å². The van der Waals surface area contributed by atoms with Crippen LogP contribution in [0.2, 0.25) is 0 Å². The van der Waals surface area contributed by atoms with Crippen LogP contribution in [0.1, 0.15) is 36.4 Å². The van der Waals surface area contributed by atoms with Crippen molar-refractivity contribution in [3.63, 3.8) is 0 Å². The van der Waals surface area contributed by atoms with Crippen molar-refractivity contribution >= 4 is 11.8 Å². The van der Waals surface area contributed by atoms with Crippen molar-refractivity contribution in [3.8, 4) is 5.75 Å². The van der Waals surface area contributed by atoms with Crippen LogP contribution in [0.25, 0.3) is 0 Å². The number of nitrogen functional groups attached to an aromatic ring is 1. The van der Waals surface area contributed by atoms with Crippen LogP contribution in [0.4, 0.5) is 11.8 Å². The fourth-order valence-corrected chi connectivity index (χ4v) is 3.40. The summed E-state index contributed by atoms with van der Waals surface area (Å²) in [6, 6.07) is 10.7. The summed E-state index contributed by atoms with van der Waals surface area (Å²) in [5, 5.41) is 0. The second kappa shape index (κ2) is 6.88. The van der Waals surface area contributed by atoms with Gasteiger partial charge in [-0.25, -0.2) is 4.98 Å². The van der Waals surface area contributed by atoms with Crippen LogP contribution in [0.3, 0.4) is 0 Å². The molecule has 1 aromatic carbocycles. The van der Waals surface area contributed by atoms with Crippen LogP contribution in [0.5, 0.6) is 5.75 Å². The predicted octanol–water partition coefficient (Wildman–Crippen LogP) is 2.74. The van der Waals surface area contributed by atoms with Gasteiger partial charge >= 0.3 is 0 Å². The van der Waals surface area contributed by atoms with Crippen LogP contribution in [-0.2, 0) is 11.3 Å². The first-order valence-electron chi connectivity index (χ1n) is 8.85. The molecule has 4 rings (SSSR count). The third kappa shape index (κ3) is 3.54. The predicted molar refractivity (Wildman–Crippen MR) is 96.8 cm³/mol. The summed E-state index contributed by atoms with van der Waals surface area (Å²) in [7, 11) is 1.71. The molecule has 2 aliphatic rings. The summed E-state index contributed by atoms with van der Waals surface area (Å²) in [5.41, 5.74) is 8.16. The average Bonchev–Trinajstić information content (AvgIpc) is 3.31. The van der Waals surface area contributed by atoms with Crippen molar-refractivity contribution in [2.24, 2.45) is 0 Å². The molecule has 25 heavy (non-hydrogen) atoms. The van der Waals surface area contributed by atoms with Gasteiger partial charge < -0.3 is 20.1 Å². The van der Waals surface area contributed by atoms with Crippen molar-refractivity contribution in [1.82, 2.24) is 9.97 Å². The first-order chi connectivity index (χ1) is 12.2. The molecule has 1 aliphatic carbocycles. The van der Waals surface area contributed by atoms with Gasteiger partial charge in [0.2, 0.25) is 5.95 Å². The fourth-order valence-electron chi connectivity index (χ4n) is 3.40. The number of para-hydroxylation sites is 1. The molecular formula is C19H24N4O2. The highest BCUT2D eigenvalue weighted by molar-refractivity contribution is 5.48. The number of aromatic nitrogens is 2. The smallest absolute Gasteiger partial charge is 0.222 e. The molecule has 1 saturated heterocycles. The number of methoxy groups -OCH3 is 1. The third-order valence-electron chi connectivity index (χ3n) is 4.91. The zero-order chi connectivity index (χ0) is 17.2. The number of nitrogens with two attached hydrogens (primary N) is 1. The molecule has 6 nitrogen and oxygen atoms in total. The minimum atomic E-state index is 0.316. The minimum absolute atomic E-state index is 0.316. The number of hydrogen-bond donors (Lipinski definition) is 1. The molecular weight excluding hydrogens is 316 g/mol. The zero-order valence-electron chi connectivity index (χ0n) is 14.5. The van der Waals surface area contributed by atoms with E-state index in [0.717, 1.165) is 42.4 Å². The highest BCUT2D eigenvalue weighted by Crippen LogP contribution is 2.35. The van der Waals surface area contributed by atoms with Crippen molar-refractivity contribution in [3.05, 3.63) is 41.6 Å². The minimum Gasteiger partial charge on any atom is -0.496 e. The topological polar surface area (TPSA) is 73.5 Å². The summed E-state index contributed by atoms with van der Waals surface area (Å²) in [6.07, 6.45) is 3.35. The first-order valence-corrected chi connectivity index (χ1v) is 8.85. The maximum Gasteiger partial charge on any atom is 0.222 e. The molecule has 132 valence electrons. The van der Waals surface area contributed by atoms with Crippen LogP contribution >= 0.6 is 0 Å². The summed E-state index contributed by atoms with van der Waals surface area (Å²) >= 11 is 0. The quantitative estimate of drug-likeness (QED) is 0.872. The van der Waals surface area contributed by atoms with Crippen LogP contribution in [0.15, 0.2) is 30.3 Å². The number of hydrogen-bond acceptors (Lipinski definition) is 6. The summed E-state index contributed by atoms with van der Waals surface area (Å²) in [4.78, 5) is 11.3. The molecule has 1 atom stereocenters. The fraction of sp³-hybridized carbons (Fsp3) is 0.474. The van der Waals surface area contributed by atoms with Crippen LogP contribution < -0.4 is 15.4 Å². The standard InChI is InChI=1S/C19H24N4O2/c1-24-17-5-3-2-4-13(17)11-23(15-6-7-15)18-10-16(21-19(20)22-18)14-8-9-25-12-14/h2-5,10,14-15H,6-9,11-12H2,1H3,(H2,20,21,22). The summed E-state index contributed by atoms with van der Waals surface area (Å²) in [6.45, 7) is 2.26. The van der Waals surface area contributed by atoms with E-state index < -0.39 is 0 Å². The number of nitrogens with zero attached hydrogens (tertiary/aromatic N) is 3. The van der Waals surface area contributed by atoms with Crippen molar-refractivity contribution in [1.29, 1.82) is 0 Å². The van der Waals surface area contributed by atoms with E-state index in [0.29, 0.717) is 24.5 Å². The Kier molecular flexibility index (Phi) is 4.44. The molecule has 1 aromatic heterocycles. The largest absolute Gasteiger partial charge is 0.496 e. The van der Waals surface area contributed by atoms with Crippen molar-refractivity contribution in [2.45, 2.75) is 37.8 Å². The van der Waals surface area contributed by atoms with Gasteiger partial charge in [0.15, 0.2) is 0 Å². The van der Waals surface area contributed by atoms with Crippen LogP contribution in [0, 0.1) is 0 Å². The Balaban J connectivity index is 1.64. The zero-order valence-corrected chi connectivity index (χ0v) is 14.5. The van der Waals surface area contributed by atoms with Crippen LogP contribution in [-0.4, -0.2) is 36.3 Å². The number of ether oxygens (including phenoxy) is 2. The van der Waals surface area contributed by atoms with E-state index in [1.807, 2.05) is 18.2 Å². The molecule has 0 amide bonds. The molecule has 2 N–H and O–H groups in total. The van der Waals surface area contributed by atoms with Gasteiger partial charge in [0, 0.05) is 36.7 Å². The van der Waals surface area contributed by atoms with Crippen molar-refractivity contribution in [2.75, 3.05) is 31.0 Å². The summed E-state index contributed by atoms with van der Waals surface area (Å²) in [5.74, 6) is 2.46. The average molecular weight is 340 g/mol. The molecule has 6 heteroatoms. The lowest BCUT2D eigenvalue weighted by molar-refractivity contribution is 0.193. The normalized spacial score (nSPS) is 19.8. The Morgan fingerprint density at radius 2 is 2.08 bits per heavy atom. The van der Waals surface area contributed by atoms with Crippen molar-refractivity contribution < 1.29 is 9.47 Å². The maximum atomic E-state index is 6.02. The molecule has 1 unspecified atom stereocenters. The molecule has 0 radical (unpaired) electrons. The highest BCUT2D eigenvalue weighted by atomic mass is 16.5. The number of anilines is 2. The Bertz CT molecular complexity index is 742. The maximum absolute atomic E-state index is 6.02. The number of benzene rings is 1. The Labute approximate surface area is 148 Å². The molecule has 0 spiro atoms. The van der Waals surface area contributed by atoms with E-state index in [2.05, 4.69) is 27.0 Å². The lowest BCUT2D eigenvalue weighted by atomic mass is 10.0. The second-order valence-electron chi connectivity index (χ2n) is 6.74. The van der Waals surface area contributed by atoms with E-state index in [1.54, 1.807) is 7.11 Å². The van der Waals surface area contributed by atoms with Gasteiger partial charge in [-0.15, -0.1) is 0 Å². The SMILES string of the molecule is COc1ccccc1CN(c1cc(C2CCOC2)nc(N)n1)C1CC1. The molecule has 1 aliphatic heterocycles.